The highest BCUT2D eigenvalue weighted by Gasteiger charge is 2.35. The molecule has 1 rings (SSSR count). The Bertz CT molecular complexity index is 280. The van der Waals surface area contributed by atoms with Crippen LogP contribution in [-0.2, 0) is 19.1 Å². The van der Waals surface area contributed by atoms with Gasteiger partial charge >= 0.3 is 5.97 Å². The number of carbonyl (C=O) groups excluding carboxylic acids is 3. The van der Waals surface area contributed by atoms with Crippen molar-refractivity contribution in [1.82, 2.24) is 0 Å². The van der Waals surface area contributed by atoms with E-state index in [1.165, 1.54) is 6.08 Å². The second-order valence-corrected chi connectivity index (χ2v) is 3.15. The van der Waals surface area contributed by atoms with Crippen LogP contribution in [0.5, 0.6) is 0 Å². The molecule has 0 spiro atoms. The van der Waals surface area contributed by atoms with Crippen molar-refractivity contribution in [3.63, 3.8) is 0 Å². The van der Waals surface area contributed by atoms with E-state index < -0.39 is 23.5 Å². The van der Waals surface area contributed by atoms with Gasteiger partial charge < -0.3 is 4.74 Å². The third kappa shape index (κ3) is 2.28. The Kier molecular flexibility index (Phi) is 3.56. The molecule has 0 bridgehead atoms. The molecule has 0 aromatic heterocycles. The SMILES string of the molecule is C=CCOC(=O)C1CCCC(=O)C1=O. The lowest BCUT2D eigenvalue weighted by Crippen LogP contribution is -2.35. The van der Waals surface area contributed by atoms with E-state index in [0.717, 1.165) is 0 Å². The van der Waals surface area contributed by atoms with Crippen LogP contribution in [0, 0.1) is 5.92 Å². The van der Waals surface area contributed by atoms with E-state index in [-0.39, 0.29) is 13.0 Å². The monoisotopic (exact) mass is 196 g/mol. The number of hydrogen-bond donors (Lipinski definition) is 0. The van der Waals surface area contributed by atoms with Crippen LogP contribution in [0.1, 0.15) is 19.3 Å². The predicted octanol–water partition coefficient (Wildman–Crippen LogP) is 0.654. The Morgan fingerprint density at radius 2 is 2.29 bits per heavy atom. The van der Waals surface area contributed by atoms with E-state index in [2.05, 4.69) is 6.58 Å². The third-order valence-electron chi connectivity index (χ3n) is 2.12. The van der Waals surface area contributed by atoms with Gasteiger partial charge in [-0.1, -0.05) is 12.7 Å². The molecule has 4 heteroatoms. The second-order valence-electron chi connectivity index (χ2n) is 3.15. The molecule has 1 fully saturated rings. The molecule has 0 aromatic rings. The molecule has 0 amide bonds. The zero-order valence-corrected chi connectivity index (χ0v) is 7.82. The van der Waals surface area contributed by atoms with Gasteiger partial charge in [-0.25, -0.2) is 0 Å². The fourth-order valence-electron chi connectivity index (χ4n) is 1.38. The van der Waals surface area contributed by atoms with Crippen LogP contribution in [0.2, 0.25) is 0 Å². The standard InChI is InChI=1S/C10H12O4/c1-2-6-14-10(13)7-4-3-5-8(11)9(7)12/h2,7H,1,3-6H2. The lowest BCUT2D eigenvalue weighted by molar-refractivity contribution is -0.155. The second kappa shape index (κ2) is 4.69. The molecule has 1 saturated carbocycles. The van der Waals surface area contributed by atoms with Crippen LogP contribution in [0.3, 0.4) is 0 Å². The summed E-state index contributed by atoms with van der Waals surface area (Å²) < 4.78 is 4.72. The Balaban J connectivity index is 2.57. The largest absolute Gasteiger partial charge is 0.461 e. The van der Waals surface area contributed by atoms with Gasteiger partial charge in [0.1, 0.15) is 12.5 Å². The molecule has 0 N–H and O–H groups in total. The van der Waals surface area contributed by atoms with Crippen molar-refractivity contribution < 1.29 is 19.1 Å². The highest BCUT2D eigenvalue weighted by atomic mass is 16.5. The third-order valence-corrected chi connectivity index (χ3v) is 2.12. The van der Waals surface area contributed by atoms with Crippen LogP contribution in [0.25, 0.3) is 0 Å². The number of Topliss-reactive ketones (excluding diaryl/α,β-unsaturated/α-hetero) is 2. The van der Waals surface area contributed by atoms with Crippen molar-refractivity contribution in [1.29, 1.82) is 0 Å². The maximum atomic E-state index is 11.3. The summed E-state index contributed by atoms with van der Waals surface area (Å²) in [6.45, 7) is 3.46. The minimum absolute atomic E-state index is 0.0802. The minimum atomic E-state index is -0.879. The average Bonchev–Trinajstić information content (AvgIpc) is 2.18. The van der Waals surface area contributed by atoms with Crippen molar-refractivity contribution in [3.05, 3.63) is 12.7 Å². The van der Waals surface area contributed by atoms with Gasteiger partial charge in [0.2, 0.25) is 5.78 Å². The lowest BCUT2D eigenvalue weighted by atomic mass is 9.87. The van der Waals surface area contributed by atoms with Crippen LogP contribution >= 0.6 is 0 Å². The first-order valence-corrected chi connectivity index (χ1v) is 4.51. The van der Waals surface area contributed by atoms with E-state index in [1.54, 1.807) is 0 Å². The summed E-state index contributed by atoms with van der Waals surface area (Å²) in [6, 6.07) is 0. The van der Waals surface area contributed by atoms with Crippen LogP contribution in [0.4, 0.5) is 0 Å². The Hall–Kier alpha value is -1.45. The van der Waals surface area contributed by atoms with Gasteiger partial charge in [-0.05, 0) is 12.8 Å². The first-order valence-electron chi connectivity index (χ1n) is 4.51. The molecule has 1 aliphatic carbocycles. The quantitative estimate of drug-likeness (QED) is 0.288. The van der Waals surface area contributed by atoms with Crippen LogP contribution < -0.4 is 0 Å². The summed E-state index contributed by atoms with van der Waals surface area (Å²) in [4.78, 5) is 33.5. The van der Waals surface area contributed by atoms with E-state index in [0.29, 0.717) is 12.8 Å². The van der Waals surface area contributed by atoms with Crippen molar-refractivity contribution in [2.45, 2.75) is 19.3 Å². The van der Waals surface area contributed by atoms with Gasteiger partial charge in [-0.15, -0.1) is 0 Å². The topological polar surface area (TPSA) is 60.4 Å². The Labute approximate surface area is 81.9 Å². The zero-order valence-electron chi connectivity index (χ0n) is 7.82. The van der Waals surface area contributed by atoms with E-state index in [4.69, 9.17) is 4.74 Å². The first-order chi connectivity index (χ1) is 6.66. The summed E-state index contributed by atoms with van der Waals surface area (Å²) in [5, 5.41) is 0. The number of ether oxygens (including phenoxy) is 1. The van der Waals surface area contributed by atoms with Gasteiger partial charge in [0.05, 0.1) is 0 Å². The molecule has 14 heavy (non-hydrogen) atoms. The highest BCUT2D eigenvalue weighted by molar-refractivity contribution is 6.41. The van der Waals surface area contributed by atoms with Crippen molar-refractivity contribution in [3.8, 4) is 0 Å². The zero-order chi connectivity index (χ0) is 10.6. The molecule has 76 valence electrons. The number of carbonyl (C=O) groups is 3. The first kappa shape index (κ1) is 10.6. The molecule has 1 unspecified atom stereocenters. The number of rotatable bonds is 3. The molecule has 0 radical (unpaired) electrons. The van der Waals surface area contributed by atoms with Gasteiger partial charge in [0.25, 0.3) is 0 Å². The van der Waals surface area contributed by atoms with E-state index in [1.807, 2.05) is 0 Å². The molecular formula is C10H12O4. The predicted molar refractivity (Wildman–Crippen MR) is 48.5 cm³/mol. The number of esters is 1. The summed E-state index contributed by atoms with van der Waals surface area (Å²) in [6.07, 6.45) is 2.68. The Morgan fingerprint density at radius 3 is 2.93 bits per heavy atom. The van der Waals surface area contributed by atoms with Gasteiger partial charge in [-0.2, -0.15) is 0 Å². The van der Waals surface area contributed by atoms with Crippen molar-refractivity contribution in [2.24, 2.45) is 5.92 Å². The molecule has 0 aliphatic heterocycles. The highest BCUT2D eigenvalue weighted by Crippen LogP contribution is 2.19. The molecule has 0 aromatic carbocycles. The summed E-state index contributed by atoms with van der Waals surface area (Å²) in [5.74, 6) is -2.55. The van der Waals surface area contributed by atoms with E-state index >= 15 is 0 Å². The molecule has 4 nitrogen and oxygen atoms in total. The summed E-state index contributed by atoms with van der Waals surface area (Å²) in [5.41, 5.74) is 0. The summed E-state index contributed by atoms with van der Waals surface area (Å²) >= 11 is 0. The van der Waals surface area contributed by atoms with Crippen molar-refractivity contribution >= 4 is 17.5 Å². The van der Waals surface area contributed by atoms with Crippen LogP contribution in [-0.4, -0.2) is 24.1 Å². The maximum Gasteiger partial charge on any atom is 0.317 e. The van der Waals surface area contributed by atoms with Crippen molar-refractivity contribution in [2.75, 3.05) is 6.61 Å². The van der Waals surface area contributed by atoms with Gasteiger partial charge in [0, 0.05) is 6.42 Å². The lowest BCUT2D eigenvalue weighted by Gasteiger charge is -2.17. The summed E-state index contributed by atoms with van der Waals surface area (Å²) in [7, 11) is 0. The van der Waals surface area contributed by atoms with Gasteiger partial charge in [0.15, 0.2) is 5.78 Å². The maximum absolute atomic E-state index is 11.3. The molecule has 1 atom stereocenters. The van der Waals surface area contributed by atoms with Crippen LogP contribution in [0.15, 0.2) is 12.7 Å². The molecule has 0 saturated heterocycles. The normalized spacial score (nSPS) is 21.9. The number of ketones is 2. The fraction of sp³-hybridized carbons (Fsp3) is 0.500. The molecule has 1 aliphatic rings. The smallest absolute Gasteiger partial charge is 0.317 e. The van der Waals surface area contributed by atoms with E-state index in [9.17, 15) is 14.4 Å². The molecule has 0 heterocycles. The van der Waals surface area contributed by atoms with Gasteiger partial charge in [-0.3, -0.25) is 14.4 Å². The average molecular weight is 196 g/mol. The minimum Gasteiger partial charge on any atom is -0.461 e. The molecular weight excluding hydrogens is 184 g/mol. The Morgan fingerprint density at radius 1 is 1.57 bits per heavy atom. The fourth-order valence-corrected chi connectivity index (χ4v) is 1.38. The number of hydrogen-bond acceptors (Lipinski definition) is 4.